The van der Waals surface area contributed by atoms with E-state index in [1.807, 2.05) is 7.05 Å². The predicted molar refractivity (Wildman–Crippen MR) is 71.6 cm³/mol. The first-order valence-electron chi connectivity index (χ1n) is 6.35. The molecule has 1 aliphatic rings. The summed E-state index contributed by atoms with van der Waals surface area (Å²) < 4.78 is 8.23. The molecule has 2 atom stereocenters. The van der Waals surface area contributed by atoms with E-state index in [4.69, 9.17) is 10.6 Å². The summed E-state index contributed by atoms with van der Waals surface area (Å²) in [6.07, 6.45) is 5.90. The maximum absolute atomic E-state index is 5.73. The molecule has 0 aromatic carbocycles. The Balaban J connectivity index is 1.93. The minimum absolute atomic E-state index is 0.0462. The first-order chi connectivity index (χ1) is 8.72. The Bertz CT molecular complexity index is 358. The van der Waals surface area contributed by atoms with Gasteiger partial charge in [-0.1, -0.05) is 5.21 Å². The zero-order chi connectivity index (χ0) is 13.0. The summed E-state index contributed by atoms with van der Waals surface area (Å²) >= 11 is 3.40. The molecule has 0 aliphatic carbocycles. The summed E-state index contributed by atoms with van der Waals surface area (Å²) in [5.41, 5.74) is 3.82. The molecule has 18 heavy (non-hydrogen) atoms. The second kappa shape index (κ2) is 6.60. The van der Waals surface area contributed by atoms with Crippen molar-refractivity contribution in [2.45, 2.75) is 44.2 Å². The zero-order valence-corrected chi connectivity index (χ0v) is 12.2. The van der Waals surface area contributed by atoms with E-state index >= 15 is 0 Å². The van der Waals surface area contributed by atoms with E-state index in [0.29, 0.717) is 6.10 Å². The van der Waals surface area contributed by atoms with Crippen molar-refractivity contribution in [2.75, 3.05) is 6.61 Å². The number of aryl methyl sites for hydroxylation is 1. The Labute approximate surface area is 115 Å². The second-order valence-electron chi connectivity index (χ2n) is 4.67. The SMILES string of the molecule is Cn1nnc(Br)c1C(CCC1CCCCO1)NN. The Kier molecular flexibility index (Phi) is 5.11. The van der Waals surface area contributed by atoms with Crippen molar-refractivity contribution in [3.05, 3.63) is 10.3 Å². The first kappa shape index (κ1) is 13.9. The molecule has 0 amide bonds. The van der Waals surface area contributed by atoms with Crippen LogP contribution in [0.3, 0.4) is 0 Å². The van der Waals surface area contributed by atoms with E-state index < -0.39 is 0 Å². The van der Waals surface area contributed by atoms with Crippen molar-refractivity contribution < 1.29 is 4.74 Å². The zero-order valence-electron chi connectivity index (χ0n) is 10.6. The van der Waals surface area contributed by atoms with Crippen molar-refractivity contribution in [3.63, 3.8) is 0 Å². The summed E-state index contributed by atoms with van der Waals surface area (Å²) in [6.45, 7) is 0.891. The van der Waals surface area contributed by atoms with E-state index in [0.717, 1.165) is 36.2 Å². The van der Waals surface area contributed by atoms with Crippen LogP contribution >= 0.6 is 15.9 Å². The number of nitrogens with zero attached hydrogens (tertiary/aromatic N) is 3. The molecular formula is C11H20BrN5O. The highest BCUT2D eigenvalue weighted by Crippen LogP contribution is 2.26. The fourth-order valence-corrected chi connectivity index (χ4v) is 3.00. The Morgan fingerprint density at radius 3 is 3.00 bits per heavy atom. The quantitative estimate of drug-likeness (QED) is 0.634. The number of rotatable bonds is 5. The summed E-state index contributed by atoms with van der Waals surface area (Å²) in [6, 6.07) is 0.0462. The van der Waals surface area contributed by atoms with Crippen LogP contribution in [0.15, 0.2) is 4.60 Å². The minimum atomic E-state index is 0.0462. The van der Waals surface area contributed by atoms with Gasteiger partial charge in [0.05, 0.1) is 17.8 Å². The van der Waals surface area contributed by atoms with Crippen LogP contribution < -0.4 is 11.3 Å². The maximum atomic E-state index is 5.73. The average molecular weight is 318 g/mol. The highest BCUT2D eigenvalue weighted by Gasteiger charge is 2.21. The van der Waals surface area contributed by atoms with Crippen molar-refractivity contribution >= 4 is 15.9 Å². The lowest BCUT2D eigenvalue weighted by Crippen LogP contribution is -2.31. The van der Waals surface area contributed by atoms with Gasteiger partial charge in [0.15, 0.2) is 4.60 Å². The van der Waals surface area contributed by atoms with Gasteiger partial charge in [0.25, 0.3) is 0 Å². The van der Waals surface area contributed by atoms with Gasteiger partial charge in [0.2, 0.25) is 0 Å². The Morgan fingerprint density at radius 1 is 1.61 bits per heavy atom. The third-order valence-electron chi connectivity index (χ3n) is 3.41. The number of hydrogen-bond acceptors (Lipinski definition) is 5. The van der Waals surface area contributed by atoms with E-state index in [-0.39, 0.29) is 6.04 Å². The third-order valence-corrected chi connectivity index (χ3v) is 3.97. The molecule has 6 nitrogen and oxygen atoms in total. The molecule has 1 fully saturated rings. The van der Waals surface area contributed by atoms with Crippen LogP contribution in [0.4, 0.5) is 0 Å². The molecular weight excluding hydrogens is 298 g/mol. The molecule has 3 N–H and O–H groups in total. The van der Waals surface area contributed by atoms with E-state index in [1.54, 1.807) is 4.68 Å². The molecule has 2 unspecified atom stereocenters. The number of hydrazine groups is 1. The summed E-state index contributed by atoms with van der Waals surface area (Å²) in [5.74, 6) is 5.64. The molecule has 2 rings (SSSR count). The van der Waals surface area contributed by atoms with Crippen molar-refractivity contribution in [1.29, 1.82) is 0 Å². The second-order valence-corrected chi connectivity index (χ2v) is 5.43. The molecule has 1 aromatic rings. The Hall–Kier alpha value is -0.500. The molecule has 0 spiro atoms. The van der Waals surface area contributed by atoms with Crippen molar-refractivity contribution in [2.24, 2.45) is 12.9 Å². The van der Waals surface area contributed by atoms with Gasteiger partial charge in [-0.05, 0) is 48.0 Å². The first-order valence-corrected chi connectivity index (χ1v) is 7.14. The normalized spacial score (nSPS) is 22.1. The van der Waals surface area contributed by atoms with Crippen LogP contribution in [0.1, 0.15) is 43.8 Å². The molecule has 102 valence electrons. The number of aromatic nitrogens is 3. The fourth-order valence-electron chi connectivity index (χ4n) is 2.40. The van der Waals surface area contributed by atoms with Gasteiger partial charge in [0.1, 0.15) is 0 Å². The molecule has 0 saturated carbocycles. The fraction of sp³-hybridized carbons (Fsp3) is 0.818. The number of nitrogens with two attached hydrogens (primary N) is 1. The smallest absolute Gasteiger partial charge is 0.153 e. The summed E-state index contributed by atoms with van der Waals surface area (Å²) in [4.78, 5) is 0. The lowest BCUT2D eigenvalue weighted by atomic mass is 10.0. The number of hydrogen-bond donors (Lipinski definition) is 2. The lowest BCUT2D eigenvalue weighted by molar-refractivity contribution is 0.00841. The molecule has 1 aromatic heterocycles. The van der Waals surface area contributed by atoms with Crippen LogP contribution in [0.25, 0.3) is 0 Å². The monoisotopic (exact) mass is 317 g/mol. The molecule has 1 saturated heterocycles. The van der Waals surface area contributed by atoms with Crippen LogP contribution in [0.2, 0.25) is 0 Å². The summed E-state index contributed by atoms with van der Waals surface area (Å²) in [7, 11) is 1.87. The largest absolute Gasteiger partial charge is 0.378 e. The van der Waals surface area contributed by atoms with Gasteiger partial charge in [-0.3, -0.25) is 11.3 Å². The van der Waals surface area contributed by atoms with Gasteiger partial charge in [0, 0.05) is 13.7 Å². The predicted octanol–water partition coefficient (Wildman–Crippen LogP) is 1.43. The topological polar surface area (TPSA) is 78.0 Å². The molecule has 1 aliphatic heterocycles. The lowest BCUT2D eigenvalue weighted by Gasteiger charge is -2.24. The molecule has 2 heterocycles. The Morgan fingerprint density at radius 2 is 2.44 bits per heavy atom. The average Bonchev–Trinajstić information content (AvgIpc) is 2.73. The van der Waals surface area contributed by atoms with E-state index in [1.165, 1.54) is 12.8 Å². The van der Waals surface area contributed by atoms with Gasteiger partial charge >= 0.3 is 0 Å². The molecule has 7 heteroatoms. The van der Waals surface area contributed by atoms with Crippen LogP contribution in [-0.2, 0) is 11.8 Å². The van der Waals surface area contributed by atoms with Gasteiger partial charge in [-0.2, -0.15) is 0 Å². The molecule has 0 bridgehead atoms. The van der Waals surface area contributed by atoms with E-state index in [9.17, 15) is 0 Å². The van der Waals surface area contributed by atoms with Crippen molar-refractivity contribution in [3.8, 4) is 0 Å². The maximum Gasteiger partial charge on any atom is 0.153 e. The summed E-state index contributed by atoms with van der Waals surface area (Å²) in [5, 5.41) is 7.96. The van der Waals surface area contributed by atoms with Gasteiger partial charge in [-0.25, -0.2) is 4.68 Å². The van der Waals surface area contributed by atoms with Crippen LogP contribution in [0, 0.1) is 0 Å². The van der Waals surface area contributed by atoms with Gasteiger partial charge < -0.3 is 4.74 Å². The highest BCUT2D eigenvalue weighted by atomic mass is 79.9. The minimum Gasteiger partial charge on any atom is -0.378 e. The third kappa shape index (κ3) is 3.28. The van der Waals surface area contributed by atoms with Crippen LogP contribution in [0.5, 0.6) is 0 Å². The molecule has 0 radical (unpaired) electrons. The van der Waals surface area contributed by atoms with E-state index in [2.05, 4.69) is 31.7 Å². The number of ether oxygens (including phenoxy) is 1. The van der Waals surface area contributed by atoms with Crippen LogP contribution in [-0.4, -0.2) is 27.7 Å². The van der Waals surface area contributed by atoms with Gasteiger partial charge in [-0.15, -0.1) is 5.10 Å². The van der Waals surface area contributed by atoms with Crippen molar-refractivity contribution in [1.82, 2.24) is 20.4 Å². The highest BCUT2D eigenvalue weighted by molar-refractivity contribution is 9.10. The number of halogens is 1. The standard InChI is InChI=1S/C11H20BrN5O/c1-17-10(11(12)15-16-17)9(14-13)6-5-8-4-2-3-7-18-8/h8-9,14H,2-7,13H2,1H3. The number of nitrogens with one attached hydrogen (secondary N) is 1.